The van der Waals surface area contributed by atoms with Gasteiger partial charge in [0.05, 0.1) is 32.6 Å². The number of nitrogens with zero attached hydrogens (tertiary/aromatic N) is 2. The van der Waals surface area contributed by atoms with Crippen molar-refractivity contribution in [2.75, 3.05) is 39.2 Å². The van der Waals surface area contributed by atoms with E-state index in [0.29, 0.717) is 4.65 Å². The maximum Gasteiger partial charge on any atom is 0.110 e. The van der Waals surface area contributed by atoms with Gasteiger partial charge in [0.25, 0.3) is 0 Å². The molecule has 0 unspecified atom stereocenters. The Morgan fingerprint density at radius 1 is 1.09 bits per heavy atom. The summed E-state index contributed by atoms with van der Waals surface area (Å²) in [5.74, 6) is 0. The molecule has 0 saturated heterocycles. The lowest BCUT2D eigenvalue weighted by Crippen LogP contribution is -2.40. The first-order valence-electron chi connectivity index (χ1n) is 7.73. The summed E-state index contributed by atoms with van der Waals surface area (Å²) in [5, 5.41) is 0.779. The minimum atomic E-state index is 0.562. The number of anilines is 2. The van der Waals surface area contributed by atoms with Gasteiger partial charge in [-0.1, -0.05) is 35.5 Å². The molecule has 0 bridgehead atoms. The summed E-state index contributed by atoms with van der Waals surface area (Å²) in [6.07, 6.45) is 1.03. The SMILES string of the molecule is CO[N+](C)(C)CCCN1c2ccccc2Sc2ccc(Cl)cc21. The van der Waals surface area contributed by atoms with Crippen LogP contribution >= 0.6 is 23.4 Å². The largest absolute Gasteiger partial charge is 0.339 e. The first-order chi connectivity index (χ1) is 11.0. The predicted octanol–water partition coefficient (Wildman–Crippen LogP) is 4.97. The second kappa shape index (κ2) is 6.73. The van der Waals surface area contributed by atoms with E-state index in [1.807, 2.05) is 17.8 Å². The molecule has 3 rings (SSSR count). The number of halogens is 1. The van der Waals surface area contributed by atoms with E-state index in [0.717, 1.165) is 24.5 Å². The van der Waals surface area contributed by atoms with Crippen LogP contribution in [0.3, 0.4) is 0 Å². The van der Waals surface area contributed by atoms with Crippen LogP contribution < -0.4 is 4.90 Å². The van der Waals surface area contributed by atoms with Crippen LogP contribution in [0.5, 0.6) is 0 Å². The van der Waals surface area contributed by atoms with Gasteiger partial charge in [0.15, 0.2) is 0 Å². The lowest BCUT2D eigenvalue weighted by Gasteiger charge is -2.33. The van der Waals surface area contributed by atoms with Gasteiger partial charge in [-0.05, 0) is 30.3 Å². The molecule has 122 valence electrons. The Morgan fingerprint density at radius 2 is 1.83 bits per heavy atom. The smallest absolute Gasteiger partial charge is 0.110 e. The fourth-order valence-corrected chi connectivity index (χ4v) is 3.99. The van der Waals surface area contributed by atoms with Crippen molar-refractivity contribution in [3.8, 4) is 0 Å². The second-order valence-electron chi connectivity index (χ2n) is 6.17. The number of fused-ring (bicyclic) bond motifs is 2. The summed E-state index contributed by atoms with van der Waals surface area (Å²) in [5.41, 5.74) is 2.46. The molecule has 23 heavy (non-hydrogen) atoms. The number of hydroxylamine groups is 3. The molecule has 1 aliphatic rings. The van der Waals surface area contributed by atoms with Crippen molar-refractivity contribution >= 4 is 34.7 Å². The van der Waals surface area contributed by atoms with Gasteiger partial charge in [0.1, 0.15) is 6.54 Å². The molecular formula is C18H22ClN2OS+. The zero-order valence-electron chi connectivity index (χ0n) is 13.8. The van der Waals surface area contributed by atoms with Gasteiger partial charge < -0.3 is 4.90 Å². The maximum atomic E-state index is 6.24. The zero-order valence-corrected chi connectivity index (χ0v) is 15.3. The Balaban J connectivity index is 1.88. The molecule has 0 saturated carbocycles. The lowest BCUT2D eigenvalue weighted by molar-refractivity contribution is -1.07. The van der Waals surface area contributed by atoms with Crippen LogP contribution in [-0.2, 0) is 4.84 Å². The molecular weight excluding hydrogens is 328 g/mol. The monoisotopic (exact) mass is 349 g/mol. The molecule has 0 fully saturated rings. The number of hydrogen-bond donors (Lipinski definition) is 0. The Morgan fingerprint density at radius 3 is 2.61 bits per heavy atom. The lowest BCUT2D eigenvalue weighted by atomic mass is 10.2. The maximum absolute atomic E-state index is 6.24. The van der Waals surface area contributed by atoms with Crippen LogP contribution in [0.25, 0.3) is 0 Å². The highest BCUT2D eigenvalue weighted by Gasteiger charge is 2.24. The van der Waals surface area contributed by atoms with E-state index in [2.05, 4.69) is 55.4 Å². The molecule has 3 nitrogen and oxygen atoms in total. The molecule has 0 N–H and O–H groups in total. The highest BCUT2D eigenvalue weighted by Crippen LogP contribution is 2.48. The summed E-state index contributed by atoms with van der Waals surface area (Å²) in [4.78, 5) is 10.4. The van der Waals surface area contributed by atoms with Gasteiger partial charge in [-0.2, -0.15) is 4.65 Å². The molecule has 0 spiro atoms. The number of rotatable bonds is 5. The van der Waals surface area contributed by atoms with Gasteiger partial charge >= 0.3 is 0 Å². The van der Waals surface area contributed by atoms with Crippen molar-refractivity contribution < 1.29 is 9.48 Å². The van der Waals surface area contributed by atoms with E-state index in [4.69, 9.17) is 16.4 Å². The number of quaternary nitrogens is 1. The Bertz CT molecular complexity index is 705. The first-order valence-corrected chi connectivity index (χ1v) is 8.92. The van der Waals surface area contributed by atoms with Crippen LogP contribution in [-0.4, -0.2) is 38.9 Å². The number of benzene rings is 2. The minimum Gasteiger partial charge on any atom is -0.339 e. The van der Waals surface area contributed by atoms with Crippen LogP contribution in [0.2, 0.25) is 5.02 Å². The summed E-state index contributed by atoms with van der Waals surface area (Å²) in [6, 6.07) is 14.7. The van der Waals surface area contributed by atoms with E-state index in [1.165, 1.54) is 21.2 Å². The van der Waals surface area contributed by atoms with Gasteiger partial charge in [-0.15, -0.1) is 0 Å². The fraction of sp³-hybridized carbons (Fsp3) is 0.333. The molecule has 2 aromatic carbocycles. The van der Waals surface area contributed by atoms with Crippen molar-refractivity contribution in [1.82, 2.24) is 0 Å². The van der Waals surface area contributed by atoms with Gasteiger partial charge in [0, 0.05) is 27.8 Å². The average Bonchev–Trinajstić information content (AvgIpc) is 2.54. The van der Waals surface area contributed by atoms with E-state index >= 15 is 0 Å². The Labute approximate surface area is 147 Å². The third-order valence-corrected chi connectivity index (χ3v) is 5.53. The standard InChI is InChI=1S/C18H22ClN2OS/c1-21(2,22-3)12-6-11-20-15-7-4-5-8-17(15)23-18-10-9-14(19)13-16(18)20/h4-5,7-10,13H,6,11-12H2,1-3H3/q+1. The second-order valence-corrected chi connectivity index (χ2v) is 7.69. The molecule has 0 atom stereocenters. The summed E-state index contributed by atoms with van der Waals surface area (Å²) in [6.45, 7) is 1.90. The third-order valence-electron chi connectivity index (χ3n) is 4.16. The van der Waals surface area contributed by atoms with Gasteiger partial charge in [-0.25, -0.2) is 4.84 Å². The van der Waals surface area contributed by atoms with E-state index in [9.17, 15) is 0 Å². The fourth-order valence-electron chi connectivity index (χ4n) is 2.74. The van der Waals surface area contributed by atoms with Gasteiger partial charge in [-0.3, -0.25) is 0 Å². The molecule has 5 heteroatoms. The van der Waals surface area contributed by atoms with Crippen LogP contribution in [0.15, 0.2) is 52.3 Å². The molecule has 0 aromatic heterocycles. The summed E-state index contributed by atoms with van der Waals surface area (Å²) in [7, 11) is 5.90. The van der Waals surface area contributed by atoms with Crippen LogP contribution in [0.1, 0.15) is 6.42 Å². The summed E-state index contributed by atoms with van der Waals surface area (Å²) < 4.78 is 0.562. The number of para-hydroxylation sites is 1. The van der Waals surface area contributed by atoms with Crippen molar-refractivity contribution in [2.24, 2.45) is 0 Å². The van der Waals surface area contributed by atoms with E-state index in [1.54, 1.807) is 7.11 Å². The van der Waals surface area contributed by atoms with Crippen molar-refractivity contribution in [2.45, 2.75) is 16.2 Å². The average molecular weight is 350 g/mol. The molecule has 0 aliphatic carbocycles. The number of hydrogen-bond acceptors (Lipinski definition) is 3. The van der Waals surface area contributed by atoms with Crippen LogP contribution in [0, 0.1) is 0 Å². The van der Waals surface area contributed by atoms with Crippen LogP contribution in [0.4, 0.5) is 11.4 Å². The normalized spacial score (nSPS) is 13.7. The molecule has 1 heterocycles. The minimum absolute atomic E-state index is 0.562. The molecule has 0 radical (unpaired) electrons. The molecule has 1 aliphatic heterocycles. The Hall–Kier alpha value is -1.20. The highest BCUT2D eigenvalue weighted by molar-refractivity contribution is 7.99. The first kappa shape index (κ1) is 16.7. The summed E-state index contributed by atoms with van der Waals surface area (Å²) >= 11 is 8.05. The highest BCUT2D eigenvalue weighted by atomic mass is 35.5. The van der Waals surface area contributed by atoms with Crippen molar-refractivity contribution in [1.29, 1.82) is 0 Å². The molecule has 0 amide bonds. The Kier molecular flexibility index (Phi) is 4.87. The molecule has 2 aromatic rings. The topological polar surface area (TPSA) is 12.5 Å². The van der Waals surface area contributed by atoms with Crippen molar-refractivity contribution in [3.63, 3.8) is 0 Å². The predicted molar refractivity (Wildman–Crippen MR) is 97.6 cm³/mol. The zero-order chi connectivity index (χ0) is 16.4. The quantitative estimate of drug-likeness (QED) is 0.558. The van der Waals surface area contributed by atoms with E-state index < -0.39 is 0 Å². The van der Waals surface area contributed by atoms with Gasteiger partial charge in [0.2, 0.25) is 0 Å². The van der Waals surface area contributed by atoms with E-state index in [-0.39, 0.29) is 0 Å². The third kappa shape index (κ3) is 3.66. The van der Waals surface area contributed by atoms with Crippen molar-refractivity contribution in [3.05, 3.63) is 47.5 Å².